The topological polar surface area (TPSA) is 105 Å². The Labute approximate surface area is 172 Å². The highest BCUT2D eigenvalue weighted by atomic mass is 19.1. The van der Waals surface area contributed by atoms with E-state index >= 15 is 0 Å². The van der Waals surface area contributed by atoms with Crippen molar-refractivity contribution in [3.05, 3.63) is 35.4 Å². The number of hydrogen-bond acceptors (Lipinski definition) is 5. The number of ether oxygens (including phenoxy) is 1. The molecule has 0 bridgehead atoms. The number of nitrogens with one attached hydrogen (secondary N) is 2. The summed E-state index contributed by atoms with van der Waals surface area (Å²) in [5, 5.41) is 4.57. The number of urea groups is 1. The van der Waals surface area contributed by atoms with E-state index in [1.165, 1.54) is 4.90 Å². The highest BCUT2D eigenvalue weighted by Crippen LogP contribution is 2.21. The first-order chi connectivity index (χ1) is 14.3. The first-order valence-electron chi connectivity index (χ1n) is 9.80. The maximum atomic E-state index is 13.8. The molecule has 0 unspecified atom stereocenters. The van der Waals surface area contributed by atoms with Crippen LogP contribution in [0.5, 0.6) is 0 Å². The SMILES string of the molecule is CCCCNC(=O)NC(=O)COC(=O)C1CCN(C(=O)c2ccc(F)cc2F)CC1. The molecule has 0 spiro atoms. The molecular weight excluding hydrogens is 400 g/mol. The van der Waals surface area contributed by atoms with Crippen molar-refractivity contribution in [3.63, 3.8) is 0 Å². The Morgan fingerprint density at radius 2 is 1.87 bits per heavy atom. The number of hydrogen-bond donors (Lipinski definition) is 2. The zero-order valence-electron chi connectivity index (χ0n) is 16.7. The molecule has 1 aliphatic heterocycles. The van der Waals surface area contributed by atoms with E-state index in [1.807, 2.05) is 6.92 Å². The van der Waals surface area contributed by atoms with Gasteiger partial charge in [0.15, 0.2) is 6.61 Å². The maximum Gasteiger partial charge on any atom is 0.321 e. The molecule has 0 aromatic heterocycles. The lowest BCUT2D eigenvalue weighted by Gasteiger charge is -2.31. The predicted octanol–water partition coefficient (Wildman–Crippen LogP) is 1.99. The fourth-order valence-electron chi connectivity index (χ4n) is 2.99. The Balaban J connectivity index is 1.74. The third-order valence-electron chi connectivity index (χ3n) is 4.69. The van der Waals surface area contributed by atoms with Gasteiger partial charge >= 0.3 is 12.0 Å². The molecule has 0 radical (unpaired) electrons. The lowest BCUT2D eigenvalue weighted by Crippen LogP contribution is -2.43. The van der Waals surface area contributed by atoms with Gasteiger partial charge in [-0.1, -0.05) is 13.3 Å². The maximum absolute atomic E-state index is 13.8. The number of piperidine rings is 1. The number of likely N-dealkylation sites (tertiary alicyclic amines) is 1. The van der Waals surface area contributed by atoms with Crippen molar-refractivity contribution in [2.75, 3.05) is 26.2 Å². The van der Waals surface area contributed by atoms with Crippen molar-refractivity contribution in [2.45, 2.75) is 32.6 Å². The van der Waals surface area contributed by atoms with E-state index in [9.17, 15) is 28.0 Å². The van der Waals surface area contributed by atoms with E-state index in [1.54, 1.807) is 0 Å². The summed E-state index contributed by atoms with van der Waals surface area (Å²) < 4.78 is 31.7. The summed E-state index contributed by atoms with van der Waals surface area (Å²) in [6, 6.07) is 2.09. The van der Waals surface area contributed by atoms with Crippen LogP contribution in [0.2, 0.25) is 0 Å². The molecule has 0 saturated carbocycles. The van der Waals surface area contributed by atoms with Crippen LogP contribution in [-0.4, -0.2) is 55.0 Å². The second kappa shape index (κ2) is 11.2. The molecule has 10 heteroatoms. The quantitative estimate of drug-likeness (QED) is 0.514. The van der Waals surface area contributed by atoms with Crippen LogP contribution < -0.4 is 10.6 Å². The van der Waals surface area contributed by atoms with Gasteiger partial charge in [0.25, 0.3) is 11.8 Å². The number of amides is 4. The van der Waals surface area contributed by atoms with Gasteiger partial charge in [-0.15, -0.1) is 0 Å². The minimum absolute atomic E-state index is 0.196. The number of unbranched alkanes of at least 4 members (excludes halogenated alkanes) is 1. The van der Waals surface area contributed by atoms with Gasteiger partial charge in [-0.2, -0.15) is 0 Å². The Morgan fingerprint density at radius 3 is 2.50 bits per heavy atom. The molecule has 4 amide bonds. The fraction of sp³-hybridized carbons (Fsp3) is 0.500. The van der Waals surface area contributed by atoms with Crippen LogP contribution in [0.1, 0.15) is 43.0 Å². The molecule has 1 aliphatic rings. The van der Waals surface area contributed by atoms with E-state index in [0.717, 1.165) is 25.0 Å². The lowest BCUT2D eigenvalue weighted by molar-refractivity contribution is -0.153. The van der Waals surface area contributed by atoms with Crippen molar-refractivity contribution in [3.8, 4) is 0 Å². The summed E-state index contributed by atoms with van der Waals surface area (Å²) in [7, 11) is 0. The standard InChI is InChI=1S/C20H25F2N3O5/c1-2-3-8-23-20(29)24-17(26)12-30-19(28)13-6-9-25(10-7-13)18(27)15-5-4-14(21)11-16(15)22/h4-5,11,13H,2-3,6-10,12H2,1H3,(H2,23,24,26,29). The number of carbonyl (C=O) groups is 4. The van der Waals surface area contributed by atoms with Gasteiger partial charge in [-0.25, -0.2) is 13.6 Å². The number of nitrogens with zero attached hydrogens (tertiary/aromatic N) is 1. The van der Waals surface area contributed by atoms with Gasteiger partial charge in [0, 0.05) is 25.7 Å². The van der Waals surface area contributed by atoms with E-state index in [4.69, 9.17) is 4.74 Å². The minimum atomic E-state index is -0.939. The van der Waals surface area contributed by atoms with Crippen molar-refractivity contribution in [1.29, 1.82) is 0 Å². The Kier molecular flexibility index (Phi) is 8.70. The molecule has 2 N–H and O–H groups in total. The molecular formula is C20H25F2N3O5. The molecule has 1 fully saturated rings. The zero-order valence-corrected chi connectivity index (χ0v) is 16.7. The molecule has 1 heterocycles. The monoisotopic (exact) mass is 425 g/mol. The molecule has 0 aliphatic carbocycles. The fourth-order valence-corrected chi connectivity index (χ4v) is 2.99. The largest absolute Gasteiger partial charge is 0.455 e. The van der Waals surface area contributed by atoms with E-state index in [0.29, 0.717) is 12.6 Å². The van der Waals surface area contributed by atoms with Gasteiger partial charge in [-0.05, 0) is 31.4 Å². The molecule has 1 aromatic rings. The summed E-state index contributed by atoms with van der Waals surface area (Å²) in [4.78, 5) is 49.0. The predicted molar refractivity (Wildman–Crippen MR) is 102 cm³/mol. The van der Waals surface area contributed by atoms with Crippen LogP contribution >= 0.6 is 0 Å². The second-order valence-electron chi connectivity index (χ2n) is 6.96. The van der Waals surface area contributed by atoms with E-state index in [-0.39, 0.29) is 31.5 Å². The molecule has 0 atom stereocenters. The highest BCUT2D eigenvalue weighted by molar-refractivity contribution is 5.96. The number of benzene rings is 1. The first kappa shape index (κ1) is 23.2. The van der Waals surface area contributed by atoms with E-state index in [2.05, 4.69) is 10.6 Å². The molecule has 30 heavy (non-hydrogen) atoms. The van der Waals surface area contributed by atoms with Gasteiger partial charge in [-0.3, -0.25) is 19.7 Å². The van der Waals surface area contributed by atoms with Crippen molar-refractivity contribution >= 4 is 23.8 Å². The Bertz CT molecular complexity index is 795. The number of esters is 1. The molecule has 1 saturated heterocycles. The van der Waals surface area contributed by atoms with Crippen LogP contribution in [0.4, 0.5) is 13.6 Å². The normalized spacial score (nSPS) is 14.2. The molecule has 1 aromatic carbocycles. The molecule has 2 rings (SSSR count). The van der Waals surface area contributed by atoms with Crippen LogP contribution in [0.15, 0.2) is 18.2 Å². The summed E-state index contributed by atoms with van der Waals surface area (Å²) in [5.74, 6) is -4.14. The van der Waals surface area contributed by atoms with Crippen LogP contribution in [0.3, 0.4) is 0 Å². The Morgan fingerprint density at radius 1 is 1.17 bits per heavy atom. The van der Waals surface area contributed by atoms with Crippen molar-refractivity contribution < 1.29 is 32.7 Å². The average molecular weight is 425 g/mol. The third kappa shape index (κ3) is 6.78. The van der Waals surface area contributed by atoms with Crippen LogP contribution in [-0.2, 0) is 14.3 Å². The smallest absolute Gasteiger partial charge is 0.321 e. The number of carbonyl (C=O) groups excluding carboxylic acids is 4. The van der Waals surface area contributed by atoms with Gasteiger partial charge in [0.05, 0.1) is 11.5 Å². The number of rotatable bonds is 7. The average Bonchev–Trinajstić information content (AvgIpc) is 2.72. The minimum Gasteiger partial charge on any atom is -0.455 e. The summed E-state index contributed by atoms with van der Waals surface area (Å²) in [6.45, 7) is 2.21. The van der Waals surface area contributed by atoms with Crippen molar-refractivity contribution in [2.24, 2.45) is 5.92 Å². The van der Waals surface area contributed by atoms with Crippen LogP contribution in [0, 0.1) is 17.6 Å². The highest BCUT2D eigenvalue weighted by Gasteiger charge is 2.30. The first-order valence-corrected chi connectivity index (χ1v) is 9.80. The molecule has 8 nitrogen and oxygen atoms in total. The van der Waals surface area contributed by atoms with Gasteiger partial charge < -0.3 is 15.0 Å². The van der Waals surface area contributed by atoms with E-state index < -0.39 is 48.0 Å². The lowest BCUT2D eigenvalue weighted by atomic mass is 9.96. The summed E-state index contributed by atoms with van der Waals surface area (Å²) >= 11 is 0. The number of imide groups is 1. The van der Waals surface area contributed by atoms with Crippen LogP contribution in [0.25, 0.3) is 0 Å². The van der Waals surface area contributed by atoms with Gasteiger partial charge in [0.1, 0.15) is 11.6 Å². The van der Waals surface area contributed by atoms with Gasteiger partial charge in [0.2, 0.25) is 0 Å². The van der Waals surface area contributed by atoms with Crippen molar-refractivity contribution in [1.82, 2.24) is 15.5 Å². The zero-order chi connectivity index (χ0) is 22.1. The summed E-state index contributed by atoms with van der Waals surface area (Å²) in [6.07, 6.45) is 2.25. The molecule has 164 valence electrons. The Hall–Kier alpha value is -3.04. The second-order valence-corrected chi connectivity index (χ2v) is 6.96. The summed E-state index contributed by atoms with van der Waals surface area (Å²) in [5.41, 5.74) is -0.230. The third-order valence-corrected chi connectivity index (χ3v) is 4.69. The number of halogens is 2.